The fourth-order valence-electron chi connectivity index (χ4n) is 2.94. The third kappa shape index (κ3) is 3.53. The highest BCUT2D eigenvalue weighted by atomic mass is 16.5. The molecule has 6 nitrogen and oxygen atoms in total. The number of benzene rings is 1. The Morgan fingerprint density at radius 3 is 2.75 bits per heavy atom. The first kappa shape index (κ1) is 16.4. The van der Waals surface area contributed by atoms with Crippen LogP contribution in [0, 0.1) is 5.92 Å². The third-order valence-electron chi connectivity index (χ3n) is 4.39. The van der Waals surface area contributed by atoms with Gasteiger partial charge in [0.1, 0.15) is 17.8 Å². The minimum absolute atomic E-state index is 0.582. The molecular weight excluding hydrogens is 302 g/mol. The van der Waals surface area contributed by atoms with Crippen LogP contribution in [0.15, 0.2) is 30.6 Å². The molecule has 128 valence electrons. The molecule has 1 aliphatic heterocycles. The van der Waals surface area contributed by atoms with Crippen LogP contribution in [-0.2, 0) is 0 Å². The molecule has 0 spiro atoms. The average Bonchev–Trinajstić information content (AvgIpc) is 2.60. The summed E-state index contributed by atoms with van der Waals surface area (Å²) >= 11 is 0. The Morgan fingerprint density at radius 1 is 1.25 bits per heavy atom. The number of anilines is 4. The number of piperidine rings is 1. The molecule has 0 unspecified atom stereocenters. The number of ether oxygens (including phenoxy) is 1. The summed E-state index contributed by atoms with van der Waals surface area (Å²) in [5, 5.41) is 3.29. The highest BCUT2D eigenvalue weighted by Crippen LogP contribution is 2.33. The summed E-state index contributed by atoms with van der Waals surface area (Å²) in [6.45, 7) is 6.83. The molecule has 24 heavy (non-hydrogen) atoms. The van der Waals surface area contributed by atoms with Crippen molar-refractivity contribution in [2.75, 3.05) is 35.6 Å². The molecule has 2 heterocycles. The van der Waals surface area contributed by atoms with Crippen molar-refractivity contribution in [3.63, 3.8) is 0 Å². The summed E-state index contributed by atoms with van der Waals surface area (Å²) in [4.78, 5) is 11.0. The van der Waals surface area contributed by atoms with E-state index in [4.69, 9.17) is 10.5 Å². The molecule has 0 bridgehead atoms. The Kier molecular flexibility index (Phi) is 5.03. The Morgan fingerprint density at radius 2 is 2.00 bits per heavy atom. The second kappa shape index (κ2) is 7.38. The molecule has 3 rings (SSSR count). The Bertz CT molecular complexity index is 683. The molecule has 1 fully saturated rings. The van der Waals surface area contributed by atoms with Crippen molar-refractivity contribution in [1.29, 1.82) is 0 Å². The van der Waals surface area contributed by atoms with E-state index < -0.39 is 0 Å². The molecule has 1 aromatic heterocycles. The van der Waals surface area contributed by atoms with E-state index in [-0.39, 0.29) is 0 Å². The van der Waals surface area contributed by atoms with Crippen molar-refractivity contribution in [3.05, 3.63) is 30.6 Å². The fraction of sp³-hybridized carbons (Fsp3) is 0.444. The fourth-order valence-corrected chi connectivity index (χ4v) is 2.94. The first-order chi connectivity index (χ1) is 11.7. The van der Waals surface area contributed by atoms with Gasteiger partial charge in [0.05, 0.1) is 12.3 Å². The quantitative estimate of drug-likeness (QED) is 0.876. The molecule has 6 heteroatoms. The minimum Gasteiger partial charge on any atom is -0.492 e. The highest BCUT2D eigenvalue weighted by Gasteiger charge is 2.20. The molecule has 3 N–H and O–H groups in total. The summed E-state index contributed by atoms with van der Waals surface area (Å²) in [7, 11) is 0. The molecular formula is C18H25N5O. The van der Waals surface area contributed by atoms with Gasteiger partial charge in [-0.1, -0.05) is 19.1 Å². The van der Waals surface area contributed by atoms with Gasteiger partial charge in [-0.25, -0.2) is 9.97 Å². The molecule has 0 atom stereocenters. The Hall–Kier alpha value is -2.50. The summed E-state index contributed by atoms with van der Waals surface area (Å²) in [5.41, 5.74) is 7.78. The molecule has 0 saturated carbocycles. The van der Waals surface area contributed by atoms with Gasteiger partial charge in [0.2, 0.25) is 0 Å². The number of rotatable bonds is 5. The van der Waals surface area contributed by atoms with Crippen molar-refractivity contribution in [1.82, 2.24) is 9.97 Å². The largest absolute Gasteiger partial charge is 0.492 e. The van der Waals surface area contributed by atoms with E-state index >= 15 is 0 Å². The molecule has 0 amide bonds. The van der Waals surface area contributed by atoms with E-state index in [1.165, 1.54) is 12.8 Å². The molecule has 0 radical (unpaired) electrons. The number of aromatic nitrogens is 2. The first-order valence-corrected chi connectivity index (χ1v) is 8.53. The van der Waals surface area contributed by atoms with Crippen LogP contribution in [-0.4, -0.2) is 29.7 Å². The molecule has 2 aromatic rings. The zero-order valence-corrected chi connectivity index (χ0v) is 14.3. The van der Waals surface area contributed by atoms with E-state index in [0.29, 0.717) is 18.1 Å². The lowest BCUT2D eigenvalue weighted by Gasteiger charge is -2.32. The lowest BCUT2D eigenvalue weighted by Crippen LogP contribution is -2.34. The number of hydrogen-bond acceptors (Lipinski definition) is 6. The number of nitrogens with one attached hydrogen (secondary N) is 1. The number of para-hydroxylation sites is 2. The summed E-state index contributed by atoms with van der Waals surface area (Å²) < 4.78 is 5.65. The first-order valence-electron chi connectivity index (χ1n) is 8.53. The lowest BCUT2D eigenvalue weighted by atomic mass is 9.99. The van der Waals surface area contributed by atoms with Crippen molar-refractivity contribution in [3.8, 4) is 5.75 Å². The normalized spacial score (nSPS) is 15.3. The molecule has 1 aliphatic rings. The third-order valence-corrected chi connectivity index (χ3v) is 4.39. The van der Waals surface area contributed by atoms with E-state index in [9.17, 15) is 0 Å². The van der Waals surface area contributed by atoms with Crippen LogP contribution < -0.4 is 20.7 Å². The van der Waals surface area contributed by atoms with Crippen LogP contribution in [0.1, 0.15) is 26.7 Å². The number of hydrogen-bond donors (Lipinski definition) is 2. The van der Waals surface area contributed by atoms with Gasteiger partial charge < -0.3 is 20.7 Å². The maximum Gasteiger partial charge on any atom is 0.159 e. The van der Waals surface area contributed by atoms with E-state index in [1.807, 2.05) is 31.2 Å². The van der Waals surface area contributed by atoms with Crippen LogP contribution in [0.4, 0.5) is 23.0 Å². The molecule has 1 saturated heterocycles. The van der Waals surface area contributed by atoms with Crippen LogP contribution in [0.25, 0.3) is 0 Å². The van der Waals surface area contributed by atoms with E-state index in [1.54, 1.807) is 6.33 Å². The van der Waals surface area contributed by atoms with Crippen LogP contribution >= 0.6 is 0 Å². The molecule has 0 aliphatic carbocycles. The zero-order chi connectivity index (χ0) is 16.9. The summed E-state index contributed by atoms with van der Waals surface area (Å²) in [5.74, 6) is 2.98. The lowest BCUT2D eigenvalue weighted by molar-refractivity contribution is 0.342. The monoisotopic (exact) mass is 327 g/mol. The van der Waals surface area contributed by atoms with Crippen molar-refractivity contribution in [2.24, 2.45) is 5.92 Å². The van der Waals surface area contributed by atoms with Crippen LogP contribution in [0.5, 0.6) is 5.75 Å². The van der Waals surface area contributed by atoms with Gasteiger partial charge >= 0.3 is 0 Å². The highest BCUT2D eigenvalue weighted by molar-refractivity contribution is 5.79. The van der Waals surface area contributed by atoms with Gasteiger partial charge in [-0.15, -0.1) is 0 Å². The van der Waals surface area contributed by atoms with Crippen LogP contribution in [0.2, 0.25) is 0 Å². The summed E-state index contributed by atoms with van der Waals surface area (Å²) in [6.07, 6.45) is 3.90. The SMILES string of the molecule is CCOc1ccccc1Nc1ncnc(N2CCC(C)CC2)c1N. The van der Waals surface area contributed by atoms with Gasteiger partial charge in [0.15, 0.2) is 11.6 Å². The van der Waals surface area contributed by atoms with Gasteiger partial charge in [-0.05, 0) is 37.8 Å². The number of nitrogens with zero attached hydrogens (tertiary/aromatic N) is 3. The minimum atomic E-state index is 0.582. The topological polar surface area (TPSA) is 76.3 Å². The second-order valence-corrected chi connectivity index (χ2v) is 6.18. The van der Waals surface area contributed by atoms with Crippen molar-refractivity contribution >= 4 is 23.0 Å². The van der Waals surface area contributed by atoms with Crippen molar-refractivity contribution < 1.29 is 4.74 Å². The van der Waals surface area contributed by atoms with E-state index in [0.717, 1.165) is 36.3 Å². The van der Waals surface area contributed by atoms with E-state index in [2.05, 4.69) is 27.1 Å². The van der Waals surface area contributed by atoms with Gasteiger partial charge in [-0.3, -0.25) is 0 Å². The Labute approximate surface area is 143 Å². The second-order valence-electron chi connectivity index (χ2n) is 6.18. The molecule has 1 aromatic carbocycles. The predicted octanol–water partition coefficient (Wildman–Crippen LogP) is 3.44. The maximum absolute atomic E-state index is 6.35. The zero-order valence-electron chi connectivity index (χ0n) is 14.3. The van der Waals surface area contributed by atoms with Gasteiger partial charge in [0, 0.05) is 13.1 Å². The maximum atomic E-state index is 6.35. The van der Waals surface area contributed by atoms with Gasteiger partial charge in [-0.2, -0.15) is 0 Å². The Balaban J connectivity index is 1.83. The number of nitrogen functional groups attached to an aromatic ring is 1. The standard InChI is InChI=1S/C18H25N5O/c1-3-24-15-7-5-4-6-14(15)22-17-16(19)18(21-12-20-17)23-10-8-13(2)9-11-23/h4-7,12-13H,3,8-11,19H2,1-2H3,(H,20,21,22). The predicted molar refractivity (Wildman–Crippen MR) is 97.9 cm³/mol. The van der Waals surface area contributed by atoms with Gasteiger partial charge in [0.25, 0.3) is 0 Å². The van der Waals surface area contributed by atoms with Crippen molar-refractivity contribution in [2.45, 2.75) is 26.7 Å². The number of nitrogens with two attached hydrogens (primary N) is 1. The van der Waals surface area contributed by atoms with Crippen LogP contribution in [0.3, 0.4) is 0 Å². The average molecular weight is 327 g/mol. The summed E-state index contributed by atoms with van der Waals surface area (Å²) in [6, 6.07) is 7.78. The smallest absolute Gasteiger partial charge is 0.159 e.